The number of amides is 1. The van der Waals surface area contributed by atoms with Gasteiger partial charge in [0.05, 0.1) is 0 Å². The van der Waals surface area contributed by atoms with Crippen LogP contribution in [0.5, 0.6) is 0 Å². The van der Waals surface area contributed by atoms with Gasteiger partial charge in [0, 0.05) is 18.3 Å². The van der Waals surface area contributed by atoms with Gasteiger partial charge in [-0.25, -0.2) is 4.99 Å². The minimum Gasteiger partial charge on any atom is -0.361 e. The normalized spacial score (nSPS) is 31.7. The SMILES string of the molecule is CC(C)CC1CSC(=NC2CCCNC2=O)N1. The van der Waals surface area contributed by atoms with Crippen LogP contribution in [-0.2, 0) is 4.79 Å². The Morgan fingerprint density at radius 3 is 3.06 bits per heavy atom. The summed E-state index contributed by atoms with van der Waals surface area (Å²) in [6, 6.07) is 0.349. The maximum atomic E-state index is 11.6. The van der Waals surface area contributed by atoms with Crippen molar-refractivity contribution in [3.8, 4) is 0 Å². The lowest BCUT2D eigenvalue weighted by molar-refractivity contribution is -0.123. The molecule has 0 aliphatic carbocycles. The third-order valence-corrected chi connectivity index (χ3v) is 4.10. The molecular formula is C12H21N3OS. The zero-order valence-corrected chi connectivity index (χ0v) is 11.3. The van der Waals surface area contributed by atoms with Crippen molar-refractivity contribution in [3.63, 3.8) is 0 Å². The molecule has 17 heavy (non-hydrogen) atoms. The number of carbonyl (C=O) groups is 1. The molecule has 0 aromatic rings. The van der Waals surface area contributed by atoms with E-state index in [1.807, 2.05) is 0 Å². The van der Waals surface area contributed by atoms with Crippen molar-refractivity contribution in [2.45, 2.75) is 45.2 Å². The van der Waals surface area contributed by atoms with Gasteiger partial charge in [-0.2, -0.15) is 0 Å². The molecule has 2 unspecified atom stereocenters. The second-order valence-electron chi connectivity index (χ2n) is 5.17. The number of hydrogen-bond donors (Lipinski definition) is 2. The molecule has 1 amide bonds. The van der Waals surface area contributed by atoms with Crippen molar-refractivity contribution >= 4 is 22.8 Å². The van der Waals surface area contributed by atoms with E-state index >= 15 is 0 Å². The number of nitrogens with one attached hydrogen (secondary N) is 2. The van der Waals surface area contributed by atoms with Crippen LogP contribution in [0.3, 0.4) is 0 Å². The summed E-state index contributed by atoms with van der Waals surface area (Å²) in [7, 11) is 0. The Bertz CT molecular complexity index is 317. The van der Waals surface area contributed by atoms with Gasteiger partial charge in [0.15, 0.2) is 5.17 Å². The number of amidine groups is 1. The van der Waals surface area contributed by atoms with Crippen LogP contribution < -0.4 is 10.6 Å². The molecule has 0 bridgehead atoms. The lowest BCUT2D eigenvalue weighted by atomic mass is 10.1. The first-order valence-corrected chi connectivity index (χ1v) is 7.38. The van der Waals surface area contributed by atoms with E-state index in [0.29, 0.717) is 12.0 Å². The molecule has 0 aromatic heterocycles. The molecule has 0 radical (unpaired) electrons. The lowest BCUT2D eigenvalue weighted by Crippen LogP contribution is -2.40. The molecule has 0 saturated carbocycles. The topological polar surface area (TPSA) is 53.5 Å². The average Bonchev–Trinajstić information content (AvgIpc) is 2.68. The smallest absolute Gasteiger partial charge is 0.244 e. The van der Waals surface area contributed by atoms with Crippen LogP contribution in [0.15, 0.2) is 4.99 Å². The van der Waals surface area contributed by atoms with E-state index in [2.05, 4.69) is 29.5 Å². The van der Waals surface area contributed by atoms with E-state index < -0.39 is 0 Å². The second-order valence-corrected chi connectivity index (χ2v) is 6.17. The molecule has 2 aliphatic rings. The Kier molecular flexibility index (Phi) is 4.31. The summed E-state index contributed by atoms with van der Waals surface area (Å²) in [6.45, 7) is 5.27. The minimum absolute atomic E-state index is 0.0819. The van der Waals surface area contributed by atoms with Crippen LogP contribution in [0.25, 0.3) is 0 Å². The molecule has 96 valence electrons. The standard InChI is InChI=1S/C12H21N3OS/c1-8(2)6-9-7-17-12(14-9)15-10-4-3-5-13-11(10)16/h8-10H,3-7H2,1-2H3,(H,13,16)(H,14,15). The maximum absolute atomic E-state index is 11.6. The van der Waals surface area contributed by atoms with Gasteiger partial charge in [-0.05, 0) is 25.2 Å². The largest absolute Gasteiger partial charge is 0.361 e. The van der Waals surface area contributed by atoms with Crippen LogP contribution >= 0.6 is 11.8 Å². The Morgan fingerprint density at radius 1 is 1.53 bits per heavy atom. The van der Waals surface area contributed by atoms with Gasteiger partial charge in [0.1, 0.15) is 6.04 Å². The summed E-state index contributed by atoms with van der Waals surface area (Å²) in [4.78, 5) is 16.1. The summed E-state index contributed by atoms with van der Waals surface area (Å²) >= 11 is 1.75. The van der Waals surface area contributed by atoms with E-state index in [-0.39, 0.29) is 11.9 Å². The van der Waals surface area contributed by atoms with Gasteiger partial charge in [0.2, 0.25) is 5.91 Å². The van der Waals surface area contributed by atoms with Crippen LogP contribution in [0, 0.1) is 5.92 Å². The van der Waals surface area contributed by atoms with Crippen molar-refractivity contribution < 1.29 is 4.79 Å². The first-order valence-electron chi connectivity index (χ1n) is 6.40. The summed E-state index contributed by atoms with van der Waals surface area (Å²) < 4.78 is 0. The van der Waals surface area contributed by atoms with Gasteiger partial charge in [-0.15, -0.1) is 0 Å². The summed E-state index contributed by atoms with van der Waals surface area (Å²) in [5, 5.41) is 7.25. The maximum Gasteiger partial charge on any atom is 0.244 e. The highest BCUT2D eigenvalue weighted by Crippen LogP contribution is 2.20. The van der Waals surface area contributed by atoms with Crippen LogP contribution in [0.1, 0.15) is 33.1 Å². The number of rotatable bonds is 3. The molecule has 2 heterocycles. The third-order valence-electron chi connectivity index (χ3n) is 3.03. The van der Waals surface area contributed by atoms with Crippen LogP contribution in [0.2, 0.25) is 0 Å². The fourth-order valence-electron chi connectivity index (χ4n) is 2.23. The van der Waals surface area contributed by atoms with E-state index in [1.54, 1.807) is 11.8 Å². The number of nitrogens with zero attached hydrogens (tertiary/aromatic N) is 1. The zero-order valence-electron chi connectivity index (χ0n) is 10.5. The minimum atomic E-state index is -0.170. The van der Waals surface area contributed by atoms with Crippen molar-refractivity contribution in [2.75, 3.05) is 12.3 Å². The van der Waals surface area contributed by atoms with Crippen molar-refractivity contribution in [1.29, 1.82) is 0 Å². The van der Waals surface area contributed by atoms with E-state index in [4.69, 9.17) is 0 Å². The quantitative estimate of drug-likeness (QED) is 0.801. The van der Waals surface area contributed by atoms with Gasteiger partial charge in [0.25, 0.3) is 0 Å². The van der Waals surface area contributed by atoms with Crippen molar-refractivity contribution in [3.05, 3.63) is 0 Å². The molecule has 2 fully saturated rings. The third kappa shape index (κ3) is 3.63. The second kappa shape index (κ2) is 5.76. The van der Waals surface area contributed by atoms with Crippen LogP contribution in [-0.4, -0.2) is 35.5 Å². The monoisotopic (exact) mass is 255 g/mol. The molecule has 2 aliphatic heterocycles. The summed E-state index contributed by atoms with van der Waals surface area (Å²) in [5.74, 6) is 1.86. The fraction of sp³-hybridized carbons (Fsp3) is 0.833. The molecule has 2 atom stereocenters. The molecule has 2 saturated heterocycles. The van der Waals surface area contributed by atoms with Crippen molar-refractivity contribution in [1.82, 2.24) is 10.6 Å². The average molecular weight is 255 g/mol. The first kappa shape index (κ1) is 12.7. The summed E-state index contributed by atoms with van der Waals surface area (Å²) in [5.41, 5.74) is 0. The Hall–Kier alpha value is -0.710. The van der Waals surface area contributed by atoms with Crippen molar-refractivity contribution in [2.24, 2.45) is 10.9 Å². The van der Waals surface area contributed by atoms with E-state index in [0.717, 1.165) is 30.3 Å². The number of aliphatic imine (C=N–C) groups is 1. The highest BCUT2D eigenvalue weighted by Gasteiger charge is 2.25. The van der Waals surface area contributed by atoms with E-state index in [1.165, 1.54) is 6.42 Å². The molecule has 2 rings (SSSR count). The molecule has 4 nitrogen and oxygen atoms in total. The Labute approximate surface area is 107 Å². The van der Waals surface area contributed by atoms with Gasteiger partial charge in [-0.1, -0.05) is 25.6 Å². The lowest BCUT2D eigenvalue weighted by Gasteiger charge is -2.19. The van der Waals surface area contributed by atoms with Crippen LogP contribution in [0.4, 0.5) is 0 Å². The highest BCUT2D eigenvalue weighted by atomic mass is 32.2. The Morgan fingerprint density at radius 2 is 2.35 bits per heavy atom. The zero-order chi connectivity index (χ0) is 12.3. The van der Waals surface area contributed by atoms with E-state index in [9.17, 15) is 4.79 Å². The number of carbonyl (C=O) groups excluding carboxylic acids is 1. The fourth-order valence-corrected chi connectivity index (χ4v) is 3.26. The molecule has 0 spiro atoms. The van der Waals surface area contributed by atoms with Gasteiger partial charge < -0.3 is 10.6 Å². The number of hydrogen-bond acceptors (Lipinski definition) is 3. The number of piperidine rings is 1. The molecule has 0 aromatic carbocycles. The number of thioether (sulfide) groups is 1. The predicted molar refractivity (Wildman–Crippen MR) is 72.3 cm³/mol. The predicted octanol–water partition coefficient (Wildman–Crippen LogP) is 1.37. The Balaban J connectivity index is 1.88. The highest BCUT2D eigenvalue weighted by molar-refractivity contribution is 8.14. The summed E-state index contributed by atoms with van der Waals surface area (Å²) in [6.07, 6.45) is 3.09. The van der Waals surface area contributed by atoms with Gasteiger partial charge >= 0.3 is 0 Å². The van der Waals surface area contributed by atoms with Gasteiger partial charge in [-0.3, -0.25) is 4.79 Å². The molecular weight excluding hydrogens is 234 g/mol. The molecule has 5 heteroatoms. The molecule has 2 N–H and O–H groups in total. The first-order chi connectivity index (χ1) is 8.15.